The molecule has 0 unspecified atom stereocenters. The van der Waals surface area contributed by atoms with Crippen molar-refractivity contribution in [2.75, 3.05) is 0 Å². The van der Waals surface area contributed by atoms with Crippen molar-refractivity contribution in [2.24, 2.45) is 7.05 Å². The number of nitrogens with zero attached hydrogens (tertiary/aromatic N) is 3. The van der Waals surface area contributed by atoms with E-state index < -0.39 is 0 Å². The van der Waals surface area contributed by atoms with E-state index in [9.17, 15) is 4.79 Å². The monoisotopic (exact) mass is 239 g/mol. The van der Waals surface area contributed by atoms with E-state index in [-0.39, 0.29) is 5.56 Å². The van der Waals surface area contributed by atoms with Crippen LogP contribution in [0.15, 0.2) is 27.9 Å². The summed E-state index contributed by atoms with van der Waals surface area (Å²) < 4.78 is 2.01. The summed E-state index contributed by atoms with van der Waals surface area (Å²) in [5.41, 5.74) is 0.550. The average molecular weight is 240 g/mol. The number of aromatic nitrogens is 3. The molecule has 66 valence electrons. The molecule has 0 aromatic carbocycles. The number of rotatable bonds is 0. The zero-order chi connectivity index (χ0) is 9.42. The molecule has 0 bridgehead atoms. The van der Waals surface area contributed by atoms with Crippen LogP contribution in [0.5, 0.6) is 0 Å². The fraction of sp³-hybridized carbons (Fsp3) is 0.125. The van der Waals surface area contributed by atoms with Gasteiger partial charge >= 0.3 is 0 Å². The van der Waals surface area contributed by atoms with Gasteiger partial charge in [-0.15, -0.1) is 0 Å². The first kappa shape index (κ1) is 8.37. The molecular weight excluding hydrogens is 234 g/mol. The second-order valence-corrected chi connectivity index (χ2v) is 3.51. The van der Waals surface area contributed by atoms with Gasteiger partial charge in [-0.2, -0.15) is 0 Å². The molecule has 5 heteroatoms. The highest BCUT2D eigenvalue weighted by Crippen LogP contribution is 2.11. The molecule has 0 atom stereocenters. The van der Waals surface area contributed by atoms with Crippen molar-refractivity contribution in [3.8, 4) is 0 Å². The molecule has 2 heterocycles. The van der Waals surface area contributed by atoms with Crippen LogP contribution < -0.4 is 5.56 Å². The van der Waals surface area contributed by atoms with Gasteiger partial charge in [0, 0.05) is 18.6 Å². The minimum atomic E-state index is -0.0915. The van der Waals surface area contributed by atoms with Crippen LogP contribution in [0.25, 0.3) is 11.0 Å². The fourth-order valence-corrected chi connectivity index (χ4v) is 1.68. The molecule has 2 aromatic rings. The molecule has 0 saturated carbocycles. The maximum absolute atomic E-state index is 11.4. The quantitative estimate of drug-likeness (QED) is 0.692. The third-order valence-corrected chi connectivity index (χ3v) is 2.40. The Labute approximate surface area is 82.4 Å². The van der Waals surface area contributed by atoms with Crippen molar-refractivity contribution < 1.29 is 0 Å². The van der Waals surface area contributed by atoms with Crippen LogP contribution in [0.1, 0.15) is 0 Å². The van der Waals surface area contributed by atoms with Crippen molar-refractivity contribution >= 4 is 27.0 Å². The molecule has 0 fully saturated rings. The van der Waals surface area contributed by atoms with E-state index in [1.54, 1.807) is 19.3 Å². The summed E-state index contributed by atoms with van der Waals surface area (Å²) in [6.45, 7) is 0. The molecule has 0 saturated heterocycles. The second kappa shape index (κ2) is 2.92. The topological polar surface area (TPSA) is 47.8 Å². The Morgan fingerprint density at radius 2 is 2.31 bits per heavy atom. The standard InChI is InChI=1S/C8H6BrN3O/c1-12-7-5(3-10-4-11-7)2-6(9)8(12)13/h2-4H,1H3. The van der Waals surface area contributed by atoms with E-state index in [4.69, 9.17) is 0 Å². The van der Waals surface area contributed by atoms with Crippen LogP contribution in [-0.4, -0.2) is 14.5 Å². The first-order chi connectivity index (χ1) is 6.20. The molecule has 2 aromatic heterocycles. The molecular formula is C8H6BrN3O. The highest BCUT2D eigenvalue weighted by molar-refractivity contribution is 9.10. The summed E-state index contributed by atoms with van der Waals surface area (Å²) in [6, 6.07) is 1.72. The first-order valence-electron chi connectivity index (χ1n) is 3.65. The van der Waals surface area contributed by atoms with Crippen LogP contribution in [-0.2, 0) is 7.05 Å². The van der Waals surface area contributed by atoms with E-state index in [1.165, 1.54) is 10.9 Å². The third kappa shape index (κ3) is 1.25. The zero-order valence-electron chi connectivity index (χ0n) is 6.86. The first-order valence-corrected chi connectivity index (χ1v) is 4.44. The Morgan fingerprint density at radius 3 is 3.08 bits per heavy atom. The predicted molar refractivity (Wildman–Crippen MR) is 52.5 cm³/mol. The van der Waals surface area contributed by atoms with E-state index in [2.05, 4.69) is 25.9 Å². The maximum atomic E-state index is 11.4. The van der Waals surface area contributed by atoms with Crippen molar-refractivity contribution in [1.29, 1.82) is 0 Å². The Hall–Kier alpha value is -1.23. The molecule has 0 aliphatic heterocycles. The van der Waals surface area contributed by atoms with Gasteiger partial charge in [0.05, 0.1) is 4.47 Å². The molecule has 4 nitrogen and oxygen atoms in total. The lowest BCUT2D eigenvalue weighted by Crippen LogP contribution is -2.18. The highest BCUT2D eigenvalue weighted by Gasteiger charge is 2.03. The van der Waals surface area contributed by atoms with Crippen molar-refractivity contribution in [2.45, 2.75) is 0 Å². The Morgan fingerprint density at radius 1 is 1.54 bits per heavy atom. The summed E-state index contributed by atoms with van der Waals surface area (Å²) in [7, 11) is 1.68. The highest BCUT2D eigenvalue weighted by atomic mass is 79.9. The number of fused-ring (bicyclic) bond motifs is 1. The minimum Gasteiger partial charge on any atom is -0.295 e. The zero-order valence-corrected chi connectivity index (χ0v) is 8.45. The van der Waals surface area contributed by atoms with Gasteiger partial charge in [-0.1, -0.05) is 0 Å². The number of hydrogen-bond donors (Lipinski definition) is 0. The van der Waals surface area contributed by atoms with E-state index in [0.29, 0.717) is 10.1 Å². The number of pyridine rings is 1. The summed E-state index contributed by atoms with van der Waals surface area (Å²) in [5, 5.41) is 0.844. The van der Waals surface area contributed by atoms with Crippen molar-refractivity contribution in [3.63, 3.8) is 0 Å². The van der Waals surface area contributed by atoms with Crippen molar-refractivity contribution in [3.05, 3.63) is 33.4 Å². The van der Waals surface area contributed by atoms with Gasteiger partial charge in [0.2, 0.25) is 0 Å². The van der Waals surface area contributed by atoms with Gasteiger partial charge in [-0.25, -0.2) is 9.97 Å². The van der Waals surface area contributed by atoms with Gasteiger partial charge in [0.1, 0.15) is 12.0 Å². The molecule has 0 aliphatic carbocycles. The third-order valence-electron chi connectivity index (χ3n) is 1.83. The molecule has 0 amide bonds. The molecule has 13 heavy (non-hydrogen) atoms. The lowest BCUT2D eigenvalue weighted by atomic mass is 10.3. The summed E-state index contributed by atoms with van der Waals surface area (Å²) >= 11 is 3.18. The van der Waals surface area contributed by atoms with Crippen LogP contribution in [0.3, 0.4) is 0 Å². The molecule has 0 radical (unpaired) electrons. The largest absolute Gasteiger partial charge is 0.295 e. The van der Waals surface area contributed by atoms with Gasteiger partial charge in [-0.3, -0.25) is 9.36 Å². The Bertz CT molecular complexity index is 520. The minimum absolute atomic E-state index is 0.0915. The Balaban J connectivity index is 3.02. The lowest BCUT2D eigenvalue weighted by Gasteiger charge is -2.02. The molecule has 0 aliphatic rings. The summed E-state index contributed by atoms with van der Waals surface area (Å²) in [5.74, 6) is 0. The van der Waals surface area contributed by atoms with Crippen LogP contribution in [0.4, 0.5) is 0 Å². The van der Waals surface area contributed by atoms with Gasteiger partial charge in [0.15, 0.2) is 0 Å². The average Bonchev–Trinajstić information content (AvgIpc) is 2.15. The van der Waals surface area contributed by atoms with Crippen LogP contribution in [0.2, 0.25) is 0 Å². The van der Waals surface area contributed by atoms with Gasteiger partial charge in [-0.05, 0) is 22.0 Å². The number of hydrogen-bond acceptors (Lipinski definition) is 3. The SMILES string of the molecule is Cn1c(=O)c(Br)cc2cncnc21. The second-order valence-electron chi connectivity index (χ2n) is 2.66. The smallest absolute Gasteiger partial charge is 0.266 e. The Kier molecular flexibility index (Phi) is 1.88. The van der Waals surface area contributed by atoms with E-state index in [0.717, 1.165) is 5.39 Å². The van der Waals surface area contributed by atoms with E-state index in [1.807, 2.05) is 0 Å². The summed E-state index contributed by atoms with van der Waals surface area (Å²) in [6.07, 6.45) is 3.10. The number of halogens is 1. The van der Waals surface area contributed by atoms with Crippen LogP contribution in [0, 0.1) is 0 Å². The lowest BCUT2D eigenvalue weighted by molar-refractivity contribution is 0.877. The predicted octanol–water partition coefficient (Wildman–Crippen LogP) is 1.09. The van der Waals surface area contributed by atoms with Crippen LogP contribution >= 0.6 is 15.9 Å². The molecule has 0 spiro atoms. The molecule has 0 N–H and O–H groups in total. The van der Waals surface area contributed by atoms with E-state index >= 15 is 0 Å². The van der Waals surface area contributed by atoms with Crippen molar-refractivity contribution in [1.82, 2.24) is 14.5 Å². The van der Waals surface area contributed by atoms with Gasteiger partial charge < -0.3 is 0 Å². The summed E-state index contributed by atoms with van der Waals surface area (Å²) in [4.78, 5) is 19.3. The normalized spacial score (nSPS) is 10.6. The fourth-order valence-electron chi connectivity index (χ4n) is 1.17. The maximum Gasteiger partial charge on any atom is 0.266 e. The molecule has 2 rings (SSSR count). The number of aryl methyl sites for hydroxylation is 1. The van der Waals surface area contributed by atoms with Gasteiger partial charge in [0.25, 0.3) is 5.56 Å².